The van der Waals surface area contributed by atoms with Crippen LogP contribution < -0.4 is 5.32 Å². The van der Waals surface area contributed by atoms with Crippen LogP contribution in [0.5, 0.6) is 0 Å². The van der Waals surface area contributed by atoms with Crippen molar-refractivity contribution < 1.29 is 0 Å². The third kappa shape index (κ3) is 4.64. The SMILES string of the molecule is CCNCC1(CN2CCSC(C)(C)C2)CCCC(C)C1. The molecule has 0 amide bonds. The highest BCUT2D eigenvalue weighted by atomic mass is 32.2. The Balaban J connectivity index is 1.99. The van der Waals surface area contributed by atoms with Gasteiger partial charge in [0.2, 0.25) is 0 Å². The quantitative estimate of drug-likeness (QED) is 0.834. The van der Waals surface area contributed by atoms with E-state index in [1.165, 1.54) is 57.6 Å². The molecule has 2 unspecified atom stereocenters. The number of nitrogens with one attached hydrogen (secondary N) is 1. The first kappa shape index (κ1) is 16.6. The molecule has 0 aromatic heterocycles. The van der Waals surface area contributed by atoms with Gasteiger partial charge in [-0.1, -0.05) is 26.7 Å². The second-order valence-corrected chi connectivity index (χ2v) is 9.60. The number of nitrogens with zero attached hydrogens (tertiary/aromatic N) is 1. The number of hydrogen-bond acceptors (Lipinski definition) is 3. The van der Waals surface area contributed by atoms with Gasteiger partial charge in [0.15, 0.2) is 0 Å². The molecule has 0 aromatic rings. The first-order chi connectivity index (χ1) is 9.45. The lowest BCUT2D eigenvalue weighted by Gasteiger charge is -2.46. The van der Waals surface area contributed by atoms with Crippen LogP contribution in [-0.2, 0) is 0 Å². The average molecular weight is 299 g/mol. The molecule has 2 nitrogen and oxygen atoms in total. The molecule has 2 atom stereocenters. The Morgan fingerprint density at radius 2 is 2.15 bits per heavy atom. The molecule has 0 radical (unpaired) electrons. The van der Waals surface area contributed by atoms with Crippen molar-refractivity contribution in [2.45, 2.75) is 58.1 Å². The molecule has 1 saturated carbocycles. The summed E-state index contributed by atoms with van der Waals surface area (Å²) in [5.41, 5.74) is 0.533. The highest BCUT2D eigenvalue weighted by molar-refractivity contribution is 8.00. The van der Waals surface area contributed by atoms with Gasteiger partial charge in [-0.15, -0.1) is 0 Å². The summed E-state index contributed by atoms with van der Waals surface area (Å²) in [7, 11) is 0. The predicted octanol–water partition coefficient (Wildman–Crippen LogP) is 3.62. The van der Waals surface area contributed by atoms with Crippen molar-refractivity contribution in [2.75, 3.05) is 38.5 Å². The van der Waals surface area contributed by atoms with Gasteiger partial charge in [-0.05, 0) is 44.6 Å². The van der Waals surface area contributed by atoms with Gasteiger partial charge < -0.3 is 10.2 Å². The van der Waals surface area contributed by atoms with E-state index >= 15 is 0 Å². The van der Waals surface area contributed by atoms with E-state index < -0.39 is 0 Å². The maximum absolute atomic E-state index is 3.66. The van der Waals surface area contributed by atoms with Crippen LogP contribution >= 0.6 is 11.8 Å². The maximum atomic E-state index is 3.66. The number of rotatable bonds is 5. The summed E-state index contributed by atoms with van der Waals surface area (Å²) >= 11 is 2.15. The van der Waals surface area contributed by atoms with E-state index in [0.717, 1.165) is 12.5 Å². The Morgan fingerprint density at radius 3 is 2.80 bits per heavy atom. The smallest absolute Gasteiger partial charge is 0.0231 e. The lowest BCUT2D eigenvalue weighted by Crippen LogP contribution is -2.51. The Kier molecular flexibility index (Phi) is 5.84. The summed E-state index contributed by atoms with van der Waals surface area (Å²) in [6.07, 6.45) is 5.71. The lowest BCUT2D eigenvalue weighted by atomic mass is 9.69. The minimum absolute atomic E-state index is 0.442. The summed E-state index contributed by atoms with van der Waals surface area (Å²) in [5, 5.41) is 3.66. The summed E-state index contributed by atoms with van der Waals surface area (Å²) in [4.78, 5) is 2.76. The first-order valence-electron chi connectivity index (χ1n) is 8.52. The molecule has 1 aliphatic carbocycles. The average Bonchev–Trinajstić information content (AvgIpc) is 2.35. The standard InChI is InChI=1S/C17H34N2S/c1-5-18-12-17(8-6-7-15(2)11-17)14-19-9-10-20-16(3,4)13-19/h15,18H,5-14H2,1-4H3. The zero-order chi connectivity index (χ0) is 14.6. The van der Waals surface area contributed by atoms with Crippen LogP contribution in [-0.4, -0.2) is 48.1 Å². The molecule has 1 saturated heterocycles. The van der Waals surface area contributed by atoms with Crippen LogP contribution in [0.15, 0.2) is 0 Å². The highest BCUT2D eigenvalue weighted by Crippen LogP contribution is 2.41. The van der Waals surface area contributed by atoms with Gasteiger partial charge in [0.05, 0.1) is 0 Å². The molecule has 1 aliphatic heterocycles. The van der Waals surface area contributed by atoms with E-state index in [9.17, 15) is 0 Å². The van der Waals surface area contributed by atoms with Gasteiger partial charge in [-0.3, -0.25) is 0 Å². The van der Waals surface area contributed by atoms with Crippen LogP contribution in [0.25, 0.3) is 0 Å². The van der Waals surface area contributed by atoms with Crippen molar-refractivity contribution in [1.82, 2.24) is 10.2 Å². The molecule has 1 N–H and O–H groups in total. The third-order valence-electron chi connectivity index (χ3n) is 5.00. The molecule has 1 heterocycles. The van der Waals surface area contributed by atoms with Crippen LogP contribution in [0.2, 0.25) is 0 Å². The van der Waals surface area contributed by atoms with Crippen molar-refractivity contribution >= 4 is 11.8 Å². The van der Waals surface area contributed by atoms with Crippen molar-refractivity contribution in [3.8, 4) is 0 Å². The van der Waals surface area contributed by atoms with E-state index in [4.69, 9.17) is 0 Å². The molecule has 3 heteroatoms. The largest absolute Gasteiger partial charge is 0.316 e. The Morgan fingerprint density at radius 1 is 1.35 bits per heavy atom. The maximum Gasteiger partial charge on any atom is 0.0231 e. The van der Waals surface area contributed by atoms with Gasteiger partial charge in [-0.2, -0.15) is 11.8 Å². The Labute approximate surface area is 130 Å². The molecule has 2 fully saturated rings. The lowest BCUT2D eigenvalue weighted by molar-refractivity contribution is 0.0781. The number of hydrogen-bond donors (Lipinski definition) is 1. The minimum Gasteiger partial charge on any atom is -0.316 e. The summed E-state index contributed by atoms with van der Waals surface area (Å²) in [6.45, 7) is 15.7. The van der Waals surface area contributed by atoms with Gasteiger partial charge in [0, 0.05) is 36.7 Å². The molecular formula is C17H34N2S. The highest BCUT2D eigenvalue weighted by Gasteiger charge is 2.38. The first-order valence-corrected chi connectivity index (χ1v) is 9.50. The van der Waals surface area contributed by atoms with Crippen LogP contribution in [0.1, 0.15) is 53.4 Å². The molecule has 118 valence electrons. The van der Waals surface area contributed by atoms with Crippen molar-refractivity contribution in [1.29, 1.82) is 0 Å². The van der Waals surface area contributed by atoms with E-state index in [1.807, 2.05) is 0 Å². The normalized spacial score (nSPS) is 35.1. The molecule has 0 spiro atoms. The van der Waals surface area contributed by atoms with E-state index in [2.05, 4.69) is 49.7 Å². The van der Waals surface area contributed by atoms with Crippen LogP contribution in [0, 0.1) is 11.3 Å². The van der Waals surface area contributed by atoms with Crippen LogP contribution in [0.4, 0.5) is 0 Å². The fourth-order valence-electron chi connectivity index (χ4n) is 4.24. The minimum atomic E-state index is 0.442. The van der Waals surface area contributed by atoms with E-state index in [-0.39, 0.29) is 0 Å². The molecule has 2 aliphatic rings. The fraction of sp³-hybridized carbons (Fsp3) is 1.00. The van der Waals surface area contributed by atoms with Gasteiger partial charge in [0.25, 0.3) is 0 Å². The molecule has 0 aromatic carbocycles. The topological polar surface area (TPSA) is 15.3 Å². The Hall–Kier alpha value is 0.270. The zero-order valence-corrected chi connectivity index (χ0v) is 14.8. The van der Waals surface area contributed by atoms with Gasteiger partial charge in [0.1, 0.15) is 0 Å². The van der Waals surface area contributed by atoms with Gasteiger partial charge >= 0.3 is 0 Å². The molecule has 0 bridgehead atoms. The summed E-state index contributed by atoms with van der Waals surface area (Å²) in [5.74, 6) is 2.22. The van der Waals surface area contributed by atoms with E-state index in [1.54, 1.807) is 0 Å². The zero-order valence-electron chi connectivity index (χ0n) is 14.0. The van der Waals surface area contributed by atoms with Gasteiger partial charge in [-0.25, -0.2) is 0 Å². The third-order valence-corrected chi connectivity index (χ3v) is 6.30. The van der Waals surface area contributed by atoms with Crippen LogP contribution in [0.3, 0.4) is 0 Å². The summed E-state index contributed by atoms with van der Waals surface area (Å²) in [6, 6.07) is 0. The Bertz CT molecular complexity index is 305. The van der Waals surface area contributed by atoms with Crippen molar-refractivity contribution in [2.24, 2.45) is 11.3 Å². The molecule has 2 rings (SSSR count). The monoisotopic (exact) mass is 298 g/mol. The molecule has 20 heavy (non-hydrogen) atoms. The second-order valence-electron chi connectivity index (χ2n) is 7.80. The van der Waals surface area contributed by atoms with Crippen molar-refractivity contribution in [3.05, 3.63) is 0 Å². The summed E-state index contributed by atoms with van der Waals surface area (Å²) < 4.78 is 0.442. The fourth-order valence-corrected chi connectivity index (χ4v) is 5.42. The predicted molar refractivity (Wildman–Crippen MR) is 91.6 cm³/mol. The number of thioether (sulfide) groups is 1. The molecular weight excluding hydrogens is 264 g/mol. The second kappa shape index (κ2) is 7.02. The van der Waals surface area contributed by atoms with E-state index in [0.29, 0.717) is 10.2 Å². The van der Waals surface area contributed by atoms with Crippen molar-refractivity contribution in [3.63, 3.8) is 0 Å².